The van der Waals surface area contributed by atoms with Gasteiger partial charge in [-0.1, -0.05) is 18.2 Å². The van der Waals surface area contributed by atoms with Crippen LogP contribution in [-0.4, -0.2) is 40.4 Å². The molecule has 2 aliphatic rings. The second-order valence-electron chi connectivity index (χ2n) is 8.37. The molecule has 0 radical (unpaired) electrons. The summed E-state index contributed by atoms with van der Waals surface area (Å²) in [5.74, 6) is 1.30. The van der Waals surface area contributed by atoms with E-state index in [1.54, 1.807) is 12.1 Å². The molecule has 0 bridgehead atoms. The Balaban J connectivity index is 1.39. The van der Waals surface area contributed by atoms with Crippen LogP contribution in [0.4, 0.5) is 4.39 Å². The zero-order valence-electron chi connectivity index (χ0n) is 17.2. The Morgan fingerprint density at radius 1 is 1.17 bits per heavy atom. The van der Waals surface area contributed by atoms with Crippen molar-refractivity contribution in [1.82, 2.24) is 10.0 Å². The Morgan fingerprint density at radius 3 is 2.73 bits per heavy atom. The van der Waals surface area contributed by atoms with Gasteiger partial charge in [-0.2, -0.15) is 0 Å². The topological polar surface area (TPSA) is 67.4 Å². The minimum absolute atomic E-state index is 0.215. The van der Waals surface area contributed by atoms with Crippen molar-refractivity contribution in [3.05, 3.63) is 65.0 Å². The van der Waals surface area contributed by atoms with Crippen LogP contribution in [0.2, 0.25) is 0 Å². The largest absolute Gasteiger partial charge is 0.492 e. The molecule has 0 aromatic heterocycles. The summed E-state index contributed by atoms with van der Waals surface area (Å²) in [4.78, 5) is 0. The molecule has 2 aromatic rings. The van der Waals surface area contributed by atoms with Crippen molar-refractivity contribution in [3.8, 4) is 5.75 Å². The summed E-state index contributed by atoms with van der Waals surface area (Å²) in [5.41, 5.74) is 3.46. The van der Waals surface area contributed by atoms with Crippen LogP contribution >= 0.6 is 0 Å². The van der Waals surface area contributed by atoms with Crippen LogP contribution in [0.5, 0.6) is 5.75 Å². The first-order valence-electron chi connectivity index (χ1n) is 10.6. The van der Waals surface area contributed by atoms with E-state index >= 15 is 0 Å². The Bertz CT molecular complexity index is 992. The van der Waals surface area contributed by atoms with E-state index < -0.39 is 10.0 Å². The molecule has 0 aliphatic heterocycles. The normalized spacial score (nSPS) is 20.9. The first-order valence-corrected chi connectivity index (χ1v) is 12.2. The van der Waals surface area contributed by atoms with Gasteiger partial charge in [0.2, 0.25) is 10.0 Å². The lowest BCUT2D eigenvalue weighted by Gasteiger charge is -2.20. The molecule has 162 valence electrons. The van der Waals surface area contributed by atoms with Gasteiger partial charge >= 0.3 is 0 Å². The highest BCUT2D eigenvalue weighted by Gasteiger charge is 2.32. The maximum atomic E-state index is 13.6. The summed E-state index contributed by atoms with van der Waals surface area (Å²) in [6.45, 7) is 0.546. The highest BCUT2D eigenvalue weighted by molar-refractivity contribution is 7.89. The van der Waals surface area contributed by atoms with Gasteiger partial charge in [-0.25, -0.2) is 17.5 Å². The molecule has 7 heteroatoms. The molecule has 0 heterocycles. The highest BCUT2D eigenvalue weighted by Crippen LogP contribution is 2.38. The molecule has 4 rings (SSSR count). The molecule has 0 amide bonds. The van der Waals surface area contributed by atoms with Gasteiger partial charge in [0.1, 0.15) is 18.2 Å². The zero-order valence-corrected chi connectivity index (χ0v) is 18.1. The molecule has 0 spiro atoms. The number of sulfonamides is 1. The fourth-order valence-electron chi connectivity index (χ4n) is 4.28. The molecule has 2 N–H and O–H groups in total. The van der Waals surface area contributed by atoms with E-state index in [2.05, 4.69) is 22.2 Å². The van der Waals surface area contributed by atoms with Crippen LogP contribution in [-0.2, 0) is 22.9 Å². The van der Waals surface area contributed by atoms with Crippen molar-refractivity contribution < 1.29 is 17.5 Å². The summed E-state index contributed by atoms with van der Waals surface area (Å²) >= 11 is 0. The standard InChI is InChI=1S/C23H29FN2O3S/c1-25-23-13-18-7-8-20(29-10-9-26-30(27,28)15-16-5-6-16)14-21(18)22(23)12-17-3-2-4-19(24)11-17/h2-4,7-8,11,14,16,22-23,25-26H,5-6,9-10,12-13,15H2,1H3. The molecule has 2 aliphatic carbocycles. The Labute approximate surface area is 178 Å². The zero-order chi connectivity index (χ0) is 21.1. The summed E-state index contributed by atoms with van der Waals surface area (Å²) in [6, 6.07) is 13.1. The fourth-order valence-corrected chi connectivity index (χ4v) is 5.75. The Kier molecular flexibility index (Phi) is 6.41. The van der Waals surface area contributed by atoms with Gasteiger partial charge in [0.25, 0.3) is 0 Å². The number of benzene rings is 2. The van der Waals surface area contributed by atoms with Gasteiger partial charge in [0.15, 0.2) is 0 Å². The number of halogens is 1. The predicted octanol–water partition coefficient (Wildman–Crippen LogP) is 3.00. The molecule has 30 heavy (non-hydrogen) atoms. The molecule has 2 unspecified atom stereocenters. The molecule has 1 fully saturated rings. The van der Waals surface area contributed by atoms with Crippen molar-refractivity contribution in [2.24, 2.45) is 5.92 Å². The number of hydrogen-bond acceptors (Lipinski definition) is 4. The average molecular weight is 433 g/mol. The monoisotopic (exact) mass is 432 g/mol. The van der Waals surface area contributed by atoms with E-state index in [-0.39, 0.29) is 36.7 Å². The van der Waals surface area contributed by atoms with E-state index in [0.717, 1.165) is 37.0 Å². The summed E-state index contributed by atoms with van der Waals surface area (Å²) in [7, 11) is -1.25. The van der Waals surface area contributed by atoms with E-state index in [1.165, 1.54) is 17.2 Å². The first-order chi connectivity index (χ1) is 14.4. The minimum Gasteiger partial charge on any atom is -0.492 e. The van der Waals surface area contributed by atoms with Crippen molar-refractivity contribution in [3.63, 3.8) is 0 Å². The third kappa shape index (κ3) is 5.39. The van der Waals surface area contributed by atoms with Crippen LogP contribution in [0, 0.1) is 11.7 Å². The number of hydrogen-bond donors (Lipinski definition) is 2. The third-order valence-electron chi connectivity index (χ3n) is 6.00. The molecule has 5 nitrogen and oxygen atoms in total. The second-order valence-corrected chi connectivity index (χ2v) is 10.2. The minimum atomic E-state index is -3.21. The number of likely N-dealkylation sites (N-methyl/N-ethyl adjacent to an activating group) is 1. The summed E-state index contributed by atoms with van der Waals surface area (Å²) < 4.78 is 46.0. The van der Waals surface area contributed by atoms with E-state index in [1.807, 2.05) is 19.2 Å². The number of ether oxygens (including phenoxy) is 1. The van der Waals surface area contributed by atoms with Crippen molar-refractivity contribution in [2.45, 2.75) is 37.6 Å². The molecule has 0 saturated heterocycles. The van der Waals surface area contributed by atoms with Crippen LogP contribution in [0.3, 0.4) is 0 Å². The smallest absolute Gasteiger partial charge is 0.211 e. The van der Waals surface area contributed by atoms with Crippen molar-refractivity contribution >= 4 is 10.0 Å². The lowest BCUT2D eigenvalue weighted by atomic mass is 9.91. The number of fused-ring (bicyclic) bond motifs is 1. The highest BCUT2D eigenvalue weighted by atomic mass is 32.2. The SMILES string of the molecule is CNC1Cc2ccc(OCCNS(=O)(=O)CC3CC3)cc2C1Cc1cccc(F)c1. The maximum absolute atomic E-state index is 13.6. The Morgan fingerprint density at radius 2 is 2.00 bits per heavy atom. The first kappa shape index (κ1) is 21.3. The summed E-state index contributed by atoms with van der Waals surface area (Å²) in [5, 5.41) is 3.39. The van der Waals surface area contributed by atoms with Gasteiger partial charge in [-0.3, -0.25) is 0 Å². The van der Waals surface area contributed by atoms with Crippen LogP contribution < -0.4 is 14.8 Å². The maximum Gasteiger partial charge on any atom is 0.211 e. The van der Waals surface area contributed by atoms with E-state index in [0.29, 0.717) is 5.92 Å². The van der Waals surface area contributed by atoms with Gasteiger partial charge in [0, 0.05) is 18.5 Å². The van der Waals surface area contributed by atoms with Gasteiger partial charge < -0.3 is 10.1 Å². The summed E-state index contributed by atoms with van der Waals surface area (Å²) in [6.07, 6.45) is 3.70. The van der Waals surface area contributed by atoms with Crippen LogP contribution in [0.15, 0.2) is 42.5 Å². The predicted molar refractivity (Wildman–Crippen MR) is 116 cm³/mol. The Hall–Kier alpha value is -1.96. The third-order valence-corrected chi connectivity index (χ3v) is 7.56. The van der Waals surface area contributed by atoms with E-state index in [4.69, 9.17) is 4.74 Å². The molecule has 2 aromatic carbocycles. The lowest BCUT2D eigenvalue weighted by Crippen LogP contribution is -2.31. The van der Waals surface area contributed by atoms with Crippen molar-refractivity contribution in [2.75, 3.05) is 26.0 Å². The van der Waals surface area contributed by atoms with Crippen molar-refractivity contribution in [1.29, 1.82) is 0 Å². The fraction of sp³-hybridized carbons (Fsp3) is 0.478. The number of rotatable bonds is 10. The van der Waals surface area contributed by atoms with Gasteiger partial charge in [0.05, 0.1) is 5.75 Å². The molecular weight excluding hydrogens is 403 g/mol. The van der Waals surface area contributed by atoms with Gasteiger partial charge in [-0.05, 0) is 79.6 Å². The van der Waals surface area contributed by atoms with E-state index in [9.17, 15) is 12.8 Å². The molecule has 1 saturated carbocycles. The quantitative estimate of drug-likeness (QED) is 0.567. The molecular formula is C23H29FN2O3S. The van der Waals surface area contributed by atoms with Gasteiger partial charge in [-0.15, -0.1) is 0 Å². The van der Waals surface area contributed by atoms with Crippen LogP contribution in [0.25, 0.3) is 0 Å². The average Bonchev–Trinajstić information content (AvgIpc) is 3.45. The van der Waals surface area contributed by atoms with Crippen LogP contribution in [0.1, 0.15) is 35.4 Å². The number of nitrogens with one attached hydrogen (secondary N) is 2. The second kappa shape index (κ2) is 9.04. The lowest BCUT2D eigenvalue weighted by molar-refractivity contribution is 0.322. The molecule has 2 atom stereocenters.